The molecule has 0 fully saturated rings. The molecule has 0 spiro atoms. The summed E-state index contributed by atoms with van der Waals surface area (Å²) in [6, 6.07) is 18.8. The van der Waals surface area contributed by atoms with Gasteiger partial charge >= 0.3 is 0 Å². The van der Waals surface area contributed by atoms with E-state index < -0.39 is 0 Å². The Hall–Kier alpha value is -3.28. The SMILES string of the molecule is O=C(COc1ccc2c(=O)c(-c3ccccc3Cl)coc2c1)Nc1ccccc1Cl. The van der Waals surface area contributed by atoms with Gasteiger partial charge in [0.1, 0.15) is 17.6 Å². The normalized spacial score (nSPS) is 10.7. The molecule has 150 valence electrons. The van der Waals surface area contributed by atoms with Crippen LogP contribution in [0.15, 0.2) is 82.2 Å². The van der Waals surface area contributed by atoms with Crippen molar-refractivity contribution >= 4 is 45.8 Å². The molecule has 1 heterocycles. The second-order valence-electron chi connectivity index (χ2n) is 6.43. The minimum atomic E-state index is -0.362. The summed E-state index contributed by atoms with van der Waals surface area (Å²) in [5.74, 6) is 0.0316. The molecule has 0 aliphatic carbocycles. The van der Waals surface area contributed by atoms with Crippen LogP contribution in [-0.4, -0.2) is 12.5 Å². The first kappa shape index (κ1) is 20.0. The van der Waals surface area contributed by atoms with Gasteiger partial charge in [0.2, 0.25) is 5.43 Å². The fourth-order valence-electron chi connectivity index (χ4n) is 2.96. The van der Waals surface area contributed by atoms with Crippen LogP contribution in [0.25, 0.3) is 22.1 Å². The second-order valence-corrected chi connectivity index (χ2v) is 7.25. The Morgan fingerprint density at radius 1 is 0.933 bits per heavy atom. The van der Waals surface area contributed by atoms with Crippen LogP contribution in [0.2, 0.25) is 10.0 Å². The van der Waals surface area contributed by atoms with E-state index in [9.17, 15) is 9.59 Å². The third-order valence-corrected chi connectivity index (χ3v) is 5.09. The van der Waals surface area contributed by atoms with Crippen molar-refractivity contribution in [3.63, 3.8) is 0 Å². The molecule has 0 saturated carbocycles. The molecule has 0 atom stereocenters. The predicted molar refractivity (Wildman–Crippen MR) is 119 cm³/mol. The Labute approximate surface area is 181 Å². The Kier molecular flexibility index (Phi) is 5.74. The number of fused-ring (bicyclic) bond motifs is 1. The van der Waals surface area contributed by atoms with Gasteiger partial charge in [-0.15, -0.1) is 0 Å². The number of hydrogen-bond donors (Lipinski definition) is 1. The van der Waals surface area contributed by atoms with Crippen LogP contribution in [0.4, 0.5) is 5.69 Å². The first-order valence-electron chi connectivity index (χ1n) is 9.00. The Morgan fingerprint density at radius 3 is 2.43 bits per heavy atom. The quantitative estimate of drug-likeness (QED) is 0.427. The molecule has 7 heteroatoms. The van der Waals surface area contributed by atoms with Gasteiger partial charge in [0.05, 0.1) is 21.7 Å². The highest BCUT2D eigenvalue weighted by Gasteiger charge is 2.13. The zero-order valence-corrected chi connectivity index (χ0v) is 17.0. The first-order valence-corrected chi connectivity index (χ1v) is 9.76. The van der Waals surface area contributed by atoms with Crippen molar-refractivity contribution in [2.24, 2.45) is 0 Å². The fourth-order valence-corrected chi connectivity index (χ4v) is 3.38. The van der Waals surface area contributed by atoms with Crippen molar-refractivity contribution in [1.29, 1.82) is 0 Å². The number of para-hydroxylation sites is 1. The number of rotatable bonds is 5. The molecule has 0 radical (unpaired) electrons. The number of anilines is 1. The van der Waals surface area contributed by atoms with E-state index in [2.05, 4.69) is 5.32 Å². The lowest BCUT2D eigenvalue weighted by atomic mass is 10.1. The van der Waals surface area contributed by atoms with Crippen molar-refractivity contribution in [1.82, 2.24) is 0 Å². The molecule has 3 aromatic carbocycles. The van der Waals surface area contributed by atoms with Crippen molar-refractivity contribution < 1.29 is 13.9 Å². The lowest BCUT2D eigenvalue weighted by Gasteiger charge is -2.09. The number of benzene rings is 3. The molecule has 4 aromatic rings. The molecular weight excluding hydrogens is 425 g/mol. The number of ether oxygens (including phenoxy) is 1. The van der Waals surface area contributed by atoms with Gasteiger partial charge in [-0.1, -0.05) is 53.5 Å². The first-order chi connectivity index (χ1) is 14.5. The van der Waals surface area contributed by atoms with Crippen molar-refractivity contribution in [3.8, 4) is 16.9 Å². The van der Waals surface area contributed by atoms with E-state index >= 15 is 0 Å². The molecule has 0 bridgehead atoms. The van der Waals surface area contributed by atoms with E-state index in [-0.39, 0.29) is 17.9 Å². The largest absolute Gasteiger partial charge is 0.484 e. The van der Waals surface area contributed by atoms with Crippen molar-refractivity contribution in [2.75, 3.05) is 11.9 Å². The van der Waals surface area contributed by atoms with E-state index in [1.54, 1.807) is 66.7 Å². The van der Waals surface area contributed by atoms with E-state index in [4.69, 9.17) is 32.4 Å². The summed E-state index contributed by atoms with van der Waals surface area (Å²) < 4.78 is 11.2. The topological polar surface area (TPSA) is 68.5 Å². The van der Waals surface area contributed by atoms with Gasteiger partial charge in [-0.25, -0.2) is 0 Å². The average molecular weight is 440 g/mol. The lowest BCUT2D eigenvalue weighted by molar-refractivity contribution is -0.118. The maximum atomic E-state index is 12.9. The fraction of sp³-hybridized carbons (Fsp3) is 0.0435. The summed E-state index contributed by atoms with van der Waals surface area (Å²) in [6.07, 6.45) is 1.37. The van der Waals surface area contributed by atoms with Gasteiger partial charge in [0, 0.05) is 16.7 Å². The molecule has 0 aliphatic rings. The molecule has 0 saturated heterocycles. The minimum Gasteiger partial charge on any atom is -0.484 e. The molecular formula is C23H15Cl2NO4. The summed E-state index contributed by atoms with van der Waals surface area (Å²) in [4.78, 5) is 25.0. The number of hydrogen-bond acceptors (Lipinski definition) is 4. The predicted octanol–water partition coefficient (Wildman–Crippen LogP) is 5.78. The van der Waals surface area contributed by atoms with Crippen LogP contribution >= 0.6 is 23.2 Å². The average Bonchev–Trinajstić information content (AvgIpc) is 2.75. The van der Waals surface area contributed by atoms with E-state index in [1.165, 1.54) is 6.26 Å². The molecule has 5 nitrogen and oxygen atoms in total. The van der Waals surface area contributed by atoms with Crippen molar-refractivity contribution in [2.45, 2.75) is 0 Å². The molecule has 1 N–H and O–H groups in total. The summed E-state index contributed by atoms with van der Waals surface area (Å²) in [6.45, 7) is -0.224. The Balaban J connectivity index is 1.52. The molecule has 4 rings (SSSR count). The van der Waals surface area contributed by atoms with Gasteiger partial charge in [-0.2, -0.15) is 0 Å². The molecule has 0 unspecified atom stereocenters. The van der Waals surface area contributed by atoms with Gasteiger partial charge in [0.25, 0.3) is 5.91 Å². The lowest BCUT2D eigenvalue weighted by Crippen LogP contribution is -2.20. The molecule has 0 aliphatic heterocycles. The van der Waals surface area contributed by atoms with Crippen LogP contribution in [0.1, 0.15) is 0 Å². The summed E-state index contributed by atoms with van der Waals surface area (Å²) in [5.41, 5.74) is 1.63. The van der Waals surface area contributed by atoms with Gasteiger partial charge in [-0.05, 0) is 30.3 Å². The number of halogens is 2. The van der Waals surface area contributed by atoms with Gasteiger partial charge in [0.15, 0.2) is 6.61 Å². The van der Waals surface area contributed by atoms with Crippen LogP contribution < -0.4 is 15.5 Å². The second kappa shape index (κ2) is 8.61. The highest BCUT2D eigenvalue weighted by Crippen LogP contribution is 2.28. The third-order valence-electron chi connectivity index (χ3n) is 4.43. The zero-order valence-electron chi connectivity index (χ0n) is 15.5. The highest BCUT2D eigenvalue weighted by atomic mass is 35.5. The summed E-state index contributed by atoms with van der Waals surface area (Å²) >= 11 is 12.2. The highest BCUT2D eigenvalue weighted by molar-refractivity contribution is 6.34. The number of carbonyl (C=O) groups excluding carboxylic acids is 1. The summed E-state index contributed by atoms with van der Waals surface area (Å²) in [7, 11) is 0. The molecule has 1 amide bonds. The zero-order chi connectivity index (χ0) is 21.1. The number of carbonyl (C=O) groups is 1. The maximum absolute atomic E-state index is 12.9. The van der Waals surface area contributed by atoms with Crippen LogP contribution in [-0.2, 0) is 4.79 Å². The Morgan fingerprint density at radius 2 is 1.67 bits per heavy atom. The molecule has 30 heavy (non-hydrogen) atoms. The van der Waals surface area contributed by atoms with Crippen LogP contribution in [0.5, 0.6) is 5.75 Å². The number of nitrogens with one attached hydrogen (secondary N) is 1. The number of amides is 1. The smallest absolute Gasteiger partial charge is 0.262 e. The molecule has 1 aromatic heterocycles. The van der Waals surface area contributed by atoms with E-state index in [0.717, 1.165) is 0 Å². The van der Waals surface area contributed by atoms with Crippen LogP contribution in [0, 0.1) is 0 Å². The standard InChI is InChI=1S/C23H15Cl2NO4/c24-18-6-2-1-5-15(18)17-12-30-21-11-14(9-10-16(21)23(17)28)29-13-22(27)26-20-8-4-3-7-19(20)25/h1-12H,13H2,(H,26,27). The van der Waals surface area contributed by atoms with Crippen molar-refractivity contribution in [3.05, 3.63) is 93.3 Å². The maximum Gasteiger partial charge on any atom is 0.262 e. The van der Waals surface area contributed by atoms with Gasteiger partial charge < -0.3 is 14.5 Å². The third kappa shape index (κ3) is 4.17. The monoisotopic (exact) mass is 439 g/mol. The van der Waals surface area contributed by atoms with E-state index in [1.807, 2.05) is 0 Å². The van der Waals surface area contributed by atoms with E-state index in [0.29, 0.717) is 43.6 Å². The summed E-state index contributed by atoms with van der Waals surface area (Å²) in [5, 5.41) is 3.97. The minimum absolute atomic E-state index is 0.202. The van der Waals surface area contributed by atoms with Crippen LogP contribution in [0.3, 0.4) is 0 Å². The van der Waals surface area contributed by atoms with Gasteiger partial charge in [-0.3, -0.25) is 9.59 Å². The Bertz CT molecular complexity index is 1300.